The number of aryl methyl sites for hydroxylation is 1. The van der Waals surface area contributed by atoms with E-state index in [1.807, 2.05) is 35.2 Å². The molecule has 1 fully saturated rings. The van der Waals surface area contributed by atoms with Crippen LogP contribution in [0.15, 0.2) is 42.5 Å². The van der Waals surface area contributed by atoms with Crippen molar-refractivity contribution in [3.8, 4) is 0 Å². The first-order valence-electron chi connectivity index (χ1n) is 10.4. The molecule has 1 atom stereocenters. The SMILES string of the molecule is Cc1ccc(CN(Cc2ccccc2)C(=O)CN(C[C@H]2CCCO2)C(=O)N(C)C)s1. The zero-order chi connectivity index (χ0) is 21.5. The maximum atomic E-state index is 13.3. The molecule has 7 heteroatoms. The Kier molecular flexibility index (Phi) is 7.87. The molecule has 6 nitrogen and oxygen atoms in total. The van der Waals surface area contributed by atoms with Crippen LogP contribution in [0.3, 0.4) is 0 Å². The molecule has 2 aromatic rings. The Morgan fingerprint density at radius 1 is 1.07 bits per heavy atom. The lowest BCUT2D eigenvalue weighted by Gasteiger charge is -2.30. The zero-order valence-electron chi connectivity index (χ0n) is 18.0. The second-order valence-corrected chi connectivity index (χ2v) is 9.31. The van der Waals surface area contributed by atoms with Gasteiger partial charge in [0.15, 0.2) is 0 Å². The van der Waals surface area contributed by atoms with Gasteiger partial charge in [0.2, 0.25) is 5.91 Å². The van der Waals surface area contributed by atoms with E-state index in [0.29, 0.717) is 19.6 Å². The number of ether oxygens (including phenoxy) is 1. The Morgan fingerprint density at radius 2 is 1.83 bits per heavy atom. The number of thiophene rings is 1. The van der Waals surface area contributed by atoms with Crippen LogP contribution in [0, 0.1) is 6.92 Å². The fourth-order valence-corrected chi connectivity index (χ4v) is 4.49. The van der Waals surface area contributed by atoms with Crippen molar-refractivity contribution in [1.82, 2.24) is 14.7 Å². The molecular formula is C23H31N3O3S. The number of amides is 3. The molecule has 0 aliphatic carbocycles. The van der Waals surface area contributed by atoms with E-state index < -0.39 is 0 Å². The lowest BCUT2D eigenvalue weighted by molar-refractivity contribution is -0.133. The minimum atomic E-state index is -0.162. The van der Waals surface area contributed by atoms with Crippen molar-refractivity contribution in [2.24, 2.45) is 0 Å². The van der Waals surface area contributed by atoms with Crippen molar-refractivity contribution in [3.63, 3.8) is 0 Å². The molecule has 2 heterocycles. The smallest absolute Gasteiger partial charge is 0.320 e. The Balaban J connectivity index is 1.75. The zero-order valence-corrected chi connectivity index (χ0v) is 18.9. The van der Waals surface area contributed by atoms with E-state index in [0.717, 1.165) is 29.9 Å². The van der Waals surface area contributed by atoms with Gasteiger partial charge >= 0.3 is 6.03 Å². The molecule has 0 N–H and O–H groups in total. The maximum absolute atomic E-state index is 13.3. The monoisotopic (exact) mass is 429 g/mol. The third kappa shape index (κ3) is 6.31. The normalized spacial score (nSPS) is 15.8. The lowest BCUT2D eigenvalue weighted by Crippen LogP contribution is -2.48. The Bertz CT molecular complexity index is 831. The second-order valence-electron chi connectivity index (χ2n) is 7.94. The van der Waals surface area contributed by atoms with E-state index in [1.54, 1.807) is 30.3 Å². The summed E-state index contributed by atoms with van der Waals surface area (Å²) in [5.74, 6) is -0.0573. The molecule has 1 aromatic heterocycles. The molecule has 0 radical (unpaired) electrons. The van der Waals surface area contributed by atoms with Gasteiger partial charge in [0.05, 0.1) is 12.6 Å². The standard InChI is InChI=1S/C23H31N3O3S/c1-18-11-12-21(30-18)16-25(14-19-8-5-4-6-9-19)22(27)17-26(23(28)24(2)3)15-20-10-7-13-29-20/h4-6,8-9,11-12,20H,7,10,13-17H2,1-3H3/t20-/m1/s1. The van der Waals surface area contributed by atoms with Gasteiger partial charge in [-0.3, -0.25) is 4.79 Å². The van der Waals surface area contributed by atoms with E-state index in [1.165, 1.54) is 9.78 Å². The highest BCUT2D eigenvalue weighted by Crippen LogP contribution is 2.20. The summed E-state index contributed by atoms with van der Waals surface area (Å²) in [4.78, 5) is 33.4. The van der Waals surface area contributed by atoms with Gasteiger partial charge in [-0.1, -0.05) is 30.3 Å². The van der Waals surface area contributed by atoms with E-state index >= 15 is 0 Å². The van der Waals surface area contributed by atoms with E-state index in [-0.39, 0.29) is 24.6 Å². The number of hydrogen-bond donors (Lipinski definition) is 0. The topological polar surface area (TPSA) is 53.1 Å². The Labute approximate surface area is 183 Å². The first-order chi connectivity index (χ1) is 14.4. The summed E-state index contributed by atoms with van der Waals surface area (Å²) in [7, 11) is 3.43. The van der Waals surface area contributed by atoms with Gasteiger partial charge in [0.1, 0.15) is 6.54 Å². The third-order valence-corrected chi connectivity index (χ3v) is 6.12. The van der Waals surface area contributed by atoms with Crippen LogP contribution in [-0.2, 0) is 22.6 Å². The summed E-state index contributed by atoms with van der Waals surface area (Å²) in [6.45, 7) is 4.34. The molecule has 1 aromatic carbocycles. The maximum Gasteiger partial charge on any atom is 0.320 e. The largest absolute Gasteiger partial charge is 0.376 e. The Morgan fingerprint density at radius 3 is 2.43 bits per heavy atom. The lowest BCUT2D eigenvalue weighted by atomic mass is 10.2. The molecule has 0 spiro atoms. The van der Waals surface area contributed by atoms with Crippen LogP contribution in [0.4, 0.5) is 4.79 Å². The molecule has 1 saturated heterocycles. The summed E-state index contributed by atoms with van der Waals surface area (Å²) >= 11 is 1.70. The molecule has 3 amide bonds. The van der Waals surface area contributed by atoms with Crippen molar-refractivity contribution in [1.29, 1.82) is 0 Å². The fraction of sp³-hybridized carbons (Fsp3) is 0.478. The number of hydrogen-bond acceptors (Lipinski definition) is 4. The molecule has 1 aliphatic heterocycles. The molecule has 0 saturated carbocycles. The molecule has 3 rings (SSSR count). The van der Waals surface area contributed by atoms with Crippen LogP contribution in [0.2, 0.25) is 0 Å². The summed E-state index contributed by atoms with van der Waals surface area (Å²) in [6, 6.07) is 14.0. The number of rotatable bonds is 8. The van der Waals surface area contributed by atoms with Gasteiger partial charge in [-0.05, 0) is 37.5 Å². The van der Waals surface area contributed by atoms with E-state index in [2.05, 4.69) is 19.1 Å². The van der Waals surface area contributed by atoms with Crippen LogP contribution >= 0.6 is 11.3 Å². The van der Waals surface area contributed by atoms with Crippen LogP contribution in [0.1, 0.15) is 28.2 Å². The average Bonchev–Trinajstić information content (AvgIpc) is 3.38. The molecule has 30 heavy (non-hydrogen) atoms. The number of carbonyl (C=O) groups is 2. The van der Waals surface area contributed by atoms with Crippen LogP contribution in [-0.4, -0.2) is 66.5 Å². The van der Waals surface area contributed by atoms with Crippen LogP contribution in [0.5, 0.6) is 0 Å². The van der Waals surface area contributed by atoms with E-state index in [9.17, 15) is 9.59 Å². The van der Waals surface area contributed by atoms with Gasteiger partial charge in [0, 0.05) is 43.5 Å². The van der Waals surface area contributed by atoms with Crippen molar-refractivity contribution in [3.05, 3.63) is 57.8 Å². The highest BCUT2D eigenvalue weighted by atomic mass is 32.1. The summed E-state index contributed by atoms with van der Waals surface area (Å²) < 4.78 is 5.71. The van der Waals surface area contributed by atoms with Gasteiger partial charge < -0.3 is 19.4 Å². The first kappa shape index (κ1) is 22.3. The highest BCUT2D eigenvalue weighted by molar-refractivity contribution is 7.11. The Hall–Kier alpha value is -2.38. The van der Waals surface area contributed by atoms with Crippen molar-refractivity contribution in [2.45, 2.75) is 39.0 Å². The molecule has 162 valence electrons. The summed E-state index contributed by atoms with van der Waals surface area (Å²) in [6.07, 6.45) is 1.93. The van der Waals surface area contributed by atoms with Crippen molar-refractivity contribution in [2.75, 3.05) is 33.8 Å². The molecule has 1 aliphatic rings. The van der Waals surface area contributed by atoms with Crippen molar-refractivity contribution >= 4 is 23.3 Å². The van der Waals surface area contributed by atoms with Gasteiger partial charge in [-0.25, -0.2) is 4.79 Å². The number of carbonyl (C=O) groups excluding carboxylic acids is 2. The first-order valence-corrected chi connectivity index (χ1v) is 11.2. The third-order valence-electron chi connectivity index (χ3n) is 5.14. The van der Waals surface area contributed by atoms with Gasteiger partial charge in [0.25, 0.3) is 0 Å². The number of nitrogens with zero attached hydrogens (tertiary/aromatic N) is 3. The fourth-order valence-electron chi connectivity index (χ4n) is 3.58. The van der Waals surface area contributed by atoms with Crippen molar-refractivity contribution < 1.29 is 14.3 Å². The van der Waals surface area contributed by atoms with Gasteiger partial charge in [-0.15, -0.1) is 11.3 Å². The number of benzene rings is 1. The van der Waals surface area contributed by atoms with Crippen LogP contribution < -0.4 is 0 Å². The minimum absolute atomic E-state index is 0.00391. The quantitative estimate of drug-likeness (QED) is 0.642. The number of urea groups is 1. The second kappa shape index (κ2) is 10.6. The predicted octanol–water partition coefficient (Wildman–Crippen LogP) is 3.75. The molecule has 0 unspecified atom stereocenters. The molecular weight excluding hydrogens is 398 g/mol. The van der Waals surface area contributed by atoms with E-state index in [4.69, 9.17) is 4.74 Å². The van der Waals surface area contributed by atoms with Crippen LogP contribution in [0.25, 0.3) is 0 Å². The minimum Gasteiger partial charge on any atom is -0.376 e. The molecule has 0 bridgehead atoms. The average molecular weight is 430 g/mol. The highest BCUT2D eigenvalue weighted by Gasteiger charge is 2.27. The van der Waals surface area contributed by atoms with Gasteiger partial charge in [-0.2, -0.15) is 0 Å². The summed E-state index contributed by atoms with van der Waals surface area (Å²) in [5, 5.41) is 0. The summed E-state index contributed by atoms with van der Waals surface area (Å²) in [5.41, 5.74) is 1.07. The predicted molar refractivity (Wildman–Crippen MR) is 119 cm³/mol.